The molecule has 12 heavy (non-hydrogen) atoms. The lowest BCUT2D eigenvalue weighted by Crippen LogP contribution is -2.33. The number of nitrogens with zero attached hydrogens (tertiary/aromatic N) is 1. The van der Waals surface area contributed by atoms with Crippen LogP contribution in [0.25, 0.3) is 0 Å². The normalized spacial score (nSPS) is 13.8. The molecule has 1 radical (unpaired) electrons. The molecule has 0 aliphatic heterocycles. The van der Waals surface area contributed by atoms with Gasteiger partial charge in [0.15, 0.2) is 0 Å². The molecule has 0 amide bonds. The molecule has 0 aromatic rings. The lowest BCUT2D eigenvalue weighted by molar-refractivity contribution is -0.0497. The largest absolute Gasteiger partial charge is 0.276 e. The summed E-state index contributed by atoms with van der Waals surface area (Å²) >= 11 is 0. The summed E-state index contributed by atoms with van der Waals surface area (Å²) in [5, 5.41) is 11.5. The molecule has 73 valence electrons. The van der Waals surface area contributed by atoms with Crippen molar-refractivity contribution in [3.63, 3.8) is 0 Å². The molecule has 0 aromatic carbocycles. The zero-order chi connectivity index (χ0) is 9.40. The third-order valence-corrected chi connectivity index (χ3v) is 2.27. The molecule has 2 heteroatoms. The SMILES string of the molecule is CCCCCC([O])N(CC)CC. The van der Waals surface area contributed by atoms with Gasteiger partial charge in [-0.3, -0.25) is 4.90 Å². The smallest absolute Gasteiger partial charge is 0.146 e. The van der Waals surface area contributed by atoms with Crippen molar-refractivity contribution in [2.75, 3.05) is 13.1 Å². The van der Waals surface area contributed by atoms with Crippen LogP contribution in [0.5, 0.6) is 0 Å². The minimum Gasteiger partial charge on any atom is -0.276 e. The second-order valence-corrected chi connectivity index (χ2v) is 3.17. The van der Waals surface area contributed by atoms with Gasteiger partial charge in [-0.05, 0) is 25.9 Å². The highest BCUT2D eigenvalue weighted by Crippen LogP contribution is 2.07. The predicted molar refractivity (Wildman–Crippen MR) is 51.5 cm³/mol. The number of rotatable bonds is 7. The summed E-state index contributed by atoms with van der Waals surface area (Å²) in [5.41, 5.74) is 0. The van der Waals surface area contributed by atoms with E-state index >= 15 is 0 Å². The molecule has 0 bridgehead atoms. The third-order valence-electron chi connectivity index (χ3n) is 2.27. The molecule has 0 spiro atoms. The monoisotopic (exact) mass is 172 g/mol. The summed E-state index contributed by atoms with van der Waals surface area (Å²) < 4.78 is 0. The van der Waals surface area contributed by atoms with E-state index in [4.69, 9.17) is 0 Å². The van der Waals surface area contributed by atoms with E-state index in [1.54, 1.807) is 0 Å². The molecule has 0 aliphatic carbocycles. The summed E-state index contributed by atoms with van der Waals surface area (Å²) in [6.45, 7) is 8.03. The number of hydrogen-bond donors (Lipinski definition) is 0. The van der Waals surface area contributed by atoms with Crippen molar-refractivity contribution in [2.24, 2.45) is 0 Å². The van der Waals surface area contributed by atoms with Crippen molar-refractivity contribution >= 4 is 0 Å². The van der Waals surface area contributed by atoms with Gasteiger partial charge in [-0.1, -0.05) is 33.6 Å². The van der Waals surface area contributed by atoms with Gasteiger partial charge in [0.05, 0.1) is 0 Å². The fourth-order valence-electron chi connectivity index (χ4n) is 1.38. The van der Waals surface area contributed by atoms with Gasteiger partial charge in [0.25, 0.3) is 0 Å². The van der Waals surface area contributed by atoms with Gasteiger partial charge in [0.1, 0.15) is 6.23 Å². The van der Waals surface area contributed by atoms with Gasteiger partial charge >= 0.3 is 0 Å². The fraction of sp³-hybridized carbons (Fsp3) is 1.00. The summed E-state index contributed by atoms with van der Waals surface area (Å²) in [6.07, 6.45) is 3.83. The van der Waals surface area contributed by atoms with Crippen molar-refractivity contribution in [2.45, 2.75) is 52.7 Å². The molecule has 1 unspecified atom stereocenters. The van der Waals surface area contributed by atoms with E-state index in [0.717, 1.165) is 25.9 Å². The number of hydrogen-bond acceptors (Lipinski definition) is 1. The second kappa shape index (κ2) is 7.56. The molecule has 0 aliphatic rings. The molecular weight excluding hydrogens is 150 g/mol. The molecule has 0 aromatic heterocycles. The third kappa shape index (κ3) is 4.73. The minimum atomic E-state index is -0.466. The Morgan fingerprint density at radius 1 is 1.08 bits per heavy atom. The van der Waals surface area contributed by atoms with E-state index < -0.39 is 6.23 Å². The number of unbranched alkanes of at least 4 members (excludes halogenated alkanes) is 2. The van der Waals surface area contributed by atoms with E-state index in [-0.39, 0.29) is 0 Å². The van der Waals surface area contributed by atoms with Crippen molar-refractivity contribution in [3.8, 4) is 0 Å². The quantitative estimate of drug-likeness (QED) is 0.427. The molecule has 0 N–H and O–H groups in total. The van der Waals surface area contributed by atoms with Crippen molar-refractivity contribution < 1.29 is 5.11 Å². The zero-order valence-corrected chi connectivity index (χ0v) is 8.68. The summed E-state index contributed by atoms with van der Waals surface area (Å²) in [4.78, 5) is 1.98. The molecule has 2 nitrogen and oxygen atoms in total. The zero-order valence-electron chi connectivity index (χ0n) is 8.68. The summed E-state index contributed by atoms with van der Waals surface area (Å²) in [6, 6.07) is 0. The second-order valence-electron chi connectivity index (χ2n) is 3.17. The Labute approximate surface area is 76.6 Å². The molecular formula is C10H22NO. The maximum Gasteiger partial charge on any atom is 0.146 e. The molecule has 1 atom stereocenters. The maximum absolute atomic E-state index is 11.5. The van der Waals surface area contributed by atoms with Crippen LogP contribution >= 0.6 is 0 Å². The van der Waals surface area contributed by atoms with E-state index in [0.29, 0.717) is 0 Å². The van der Waals surface area contributed by atoms with Gasteiger partial charge < -0.3 is 0 Å². The van der Waals surface area contributed by atoms with Crippen LogP contribution in [0.2, 0.25) is 0 Å². The highest BCUT2D eigenvalue weighted by Gasteiger charge is 2.12. The first-order chi connectivity index (χ1) is 5.76. The molecule has 0 saturated heterocycles. The van der Waals surface area contributed by atoms with Gasteiger partial charge in [-0.15, -0.1) is 0 Å². The average molecular weight is 172 g/mol. The Hall–Kier alpha value is -0.0800. The Morgan fingerprint density at radius 3 is 2.08 bits per heavy atom. The molecule has 0 fully saturated rings. The molecule has 0 saturated carbocycles. The molecule has 0 heterocycles. The first kappa shape index (κ1) is 11.9. The minimum absolute atomic E-state index is 0.466. The van der Waals surface area contributed by atoms with Crippen LogP contribution in [0.3, 0.4) is 0 Å². The first-order valence-electron chi connectivity index (χ1n) is 5.16. The Balaban J connectivity index is 3.47. The van der Waals surface area contributed by atoms with Crippen molar-refractivity contribution in [1.29, 1.82) is 0 Å². The van der Waals surface area contributed by atoms with E-state index in [1.807, 2.05) is 18.7 Å². The fourth-order valence-corrected chi connectivity index (χ4v) is 1.38. The van der Waals surface area contributed by atoms with Crippen LogP contribution in [0.4, 0.5) is 0 Å². The lowest BCUT2D eigenvalue weighted by Gasteiger charge is -2.22. The summed E-state index contributed by atoms with van der Waals surface area (Å²) in [7, 11) is 0. The Morgan fingerprint density at radius 2 is 1.67 bits per heavy atom. The molecule has 0 rings (SSSR count). The Bertz CT molecular complexity index is 91.8. The van der Waals surface area contributed by atoms with Crippen LogP contribution in [-0.2, 0) is 5.11 Å². The lowest BCUT2D eigenvalue weighted by atomic mass is 10.2. The van der Waals surface area contributed by atoms with Crippen molar-refractivity contribution in [3.05, 3.63) is 0 Å². The topological polar surface area (TPSA) is 23.1 Å². The van der Waals surface area contributed by atoms with E-state index in [9.17, 15) is 5.11 Å². The van der Waals surface area contributed by atoms with Gasteiger partial charge in [0.2, 0.25) is 0 Å². The van der Waals surface area contributed by atoms with Gasteiger partial charge in [-0.25, -0.2) is 5.11 Å². The van der Waals surface area contributed by atoms with Crippen LogP contribution in [-0.4, -0.2) is 24.2 Å². The first-order valence-corrected chi connectivity index (χ1v) is 5.16. The average Bonchev–Trinajstić information content (AvgIpc) is 2.07. The Kier molecular flexibility index (Phi) is 7.51. The standard InChI is InChI=1S/C10H22NO/c1-4-7-8-9-10(12)11(5-2)6-3/h10H,4-9H2,1-3H3. The van der Waals surface area contributed by atoms with Crippen molar-refractivity contribution in [1.82, 2.24) is 4.90 Å². The van der Waals surface area contributed by atoms with Crippen LogP contribution in [0.1, 0.15) is 46.5 Å². The maximum atomic E-state index is 11.5. The van der Waals surface area contributed by atoms with E-state index in [1.165, 1.54) is 12.8 Å². The van der Waals surface area contributed by atoms with Gasteiger partial charge in [-0.2, -0.15) is 0 Å². The summed E-state index contributed by atoms with van der Waals surface area (Å²) in [5.74, 6) is 0. The highest BCUT2D eigenvalue weighted by molar-refractivity contribution is 4.57. The van der Waals surface area contributed by atoms with Gasteiger partial charge in [0, 0.05) is 0 Å². The highest BCUT2D eigenvalue weighted by atomic mass is 16.3. The van der Waals surface area contributed by atoms with E-state index in [2.05, 4.69) is 6.92 Å². The van der Waals surface area contributed by atoms with Crippen LogP contribution < -0.4 is 0 Å². The van der Waals surface area contributed by atoms with Crippen LogP contribution in [0.15, 0.2) is 0 Å². The predicted octanol–water partition coefficient (Wildman–Crippen LogP) is 2.67. The van der Waals surface area contributed by atoms with Crippen LogP contribution in [0, 0.1) is 0 Å².